The summed E-state index contributed by atoms with van der Waals surface area (Å²) >= 11 is 10.3. The molecule has 0 atom stereocenters. The Morgan fingerprint density at radius 3 is 1.82 bits per heavy atom. The van der Waals surface area contributed by atoms with E-state index in [2.05, 4.69) is 73.3 Å². The summed E-state index contributed by atoms with van der Waals surface area (Å²) in [6.45, 7) is 4.20. The number of nitrogens with zero attached hydrogens (tertiary/aromatic N) is 10. The molecule has 264 valence electrons. The third kappa shape index (κ3) is 8.79. The van der Waals surface area contributed by atoms with Crippen molar-refractivity contribution in [3.63, 3.8) is 0 Å². The summed E-state index contributed by atoms with van der Waals surface area (Å²) < 4.78 is 18.3. The summed E-state index contributed by atoms with van der Waals surface area (Å²) in [6.07, 6.45) is 20.1. The van der Waals surface area contributed by atoms with Gasteiger partial charge in [-0.2, -0.15) is 33.2 Å². The Labute approximate surface area is 317 Å². The Hall–Kier alpha value is -3.43. The molecule has 0 bridgehead atoms. The van der Waals surface area contributed by atoms with Gasteiger partial charge in [-0.05, 0) is 36.5 Å². The van der Waals surface area contributed by atoms with Gasteiger partial charge >= 0.3 is 30.0 Å². The van der Waals surface area contributed by atoms with Crippen LogP contribution < -0.4 is 10.6 Å². The predicted octanol–water partition coefficient (Wildman–Crippen LogP) is 7.32. The summed E-state index contributed by atoms with van der Waals surface area (Å²) in [5.41, 5.74) is 6.77. The standard InChI is InChI=1S/C17H20N6O.C12H11ClN6O.C5H9.BrH.Zn/c1-2-4-12(3-1)13-7-15(17-18-11-19-23(17)9-13)20-16-8-14-10-24-6-5-22(14)21-16;13-8-3-10(12-14-7-15-19(12)5-8)16-11-4-9-6-20-2-1-18(9)17-11;1-2-4-5-3-1;;/h7-9,11-12H,1-6,10H2,(H,20,21);3-5,7H,1-2,6H2,(H,16,17);1H,2-5H2;1H;/q;;-1;;+2/p-1. The maximum atomic E-state index is 6.07. The molecule has 2 N–H and O–H groups in total. The van der Waals surface area contributed by atoms with Crippen molar-refractivity contribution in [3.05, 3.63) is 77.7 Å². The number of fused-ring (bicyclic) bond motifs is 4. The summed E-state index contributed by atoms with van der Waals surface area (Å²) in [4.78, 5) is 8.60. The third-order valence-corrected chi connectivity index (χ3v) is 9.48. The van der Waals surface area contributed by atoms with Gasteiger partial charge in [0, 0.05) is 24.5 Å². The second-order valence-electron chi connectivity index (χ2n) is 12.7. The maximum absolute atomic E-state index is 6.07. The van der Waals surface area contributed by atoms with Crippen LogP contribution in [0.15, 0.2) is 49.3 Å². The number of ether oxygens (including phenoxy) is 2. The van der Waals surface area contributed by atoms with Crippen molar-refractivity contribution in [1.29, 1.82) is 0 Å². The SMILES string of the molecule is Clc1cc(Nc2cc3n(n2)CCOC3)c2ncnn2c1.[CH-]1CCCC1.[Zn+][Br].c1nc2c(Nc3cc4n(n3)CCOC4)cc(C3CCCC3)cn2n1. The van der Waals surface area contributed by atoms with Crippen molar-refractivity contribution in [2.24, 2.45) is 0 Å². The fourth-order valence-corrected chi connectivity index (χ4v) is 7.01. The van der Waals surface area contributed by atoms with Crippen LogP contribution in [0.4, 0.5) is 23.0 Å². The summed E-state index contributed by atoms with van der Waals surface area (Å²) in [7, 11) is 0. The van der Waals surface area contributed by atoms with Crippen LogP contribution in [-0.2, 0) is 52.1 Å². The topological polar surface area (TPSA) is 139 Å². The molecule has 14 nitrogen and oxygen atoms in total. The Kier molecular flexibility index (Phi) is 12.3. The zero-order valence-corrected chi connectivity index (χ0v) is 33.7. The fourth-order valence-electron chi connectivity index (χ4n) is 6.81. The quantitative estimate of drug-likeness (QED) is 0.134. The van der Waals surface area contributed by atoms with E-state index in [0.29, 0.717) is 36.4 Å². The second kappa shape index (κ2) is 17.4. The van der Waals surface area contributed by atoms with Gasteiger partial charge in [0.25, 0.3) is 0 Å². The molecule has 0 unspecified atom stereocenters. The molecule has 0 radical (unpaired) electrons. The minimum absolute atomic E-state index is 0.581. The number of aromatic nitrogens is 10. The largest absolute Gasteiger partial charge is 0.373 e. The minimum Gasteiger partial charge on any atom is -0.373 e. The number of rotatable bonds is 5. The van der Waals surface area contributed by atoms with Crippen molar-refractivity contribution >= 4 is 59.5 Å². The van der Waals surface area contributed by atoms with Gasteiger partial charge in [-0.3, -0.25) is 9.36 Å². The van der Waals surface area contributed by atoms with Crippen molar-refractivity contribution in [3.8, 4) is 0 Å². The Balaban J connectivity index is 0.000000136. The number of halogens is 2. The van der Waals surface area contributed by atoms with Crippen LogP contribution in [0.5, 0.6) is 0 Å². The number of anilines is 4. The van der Waals surface area contributed by atoms with Gasteiger partial charge in [0.1, 0.15) is 12.7 Å². The molecule has 51 heavy (non-hydrogen) atoms. The molecule has 6 aromatic rings. The molecule has 0 amide bonds. The zero-order valence-electron chi connectivity index (χ0n) is 28.4. The third-order valence-electron chi connectivity index (χ3n) is 9.28. The molecule has 2 fully saturated rings. The number of hydrogen-bond donors (Lipinski definition) is 2. The van der Waals surface area contributed by atoms with Crippen LogP contribution >= 0.6 is 25.2 Å². The van der Waals surface area contributed by atoms with E-state index in [0.717, 1.165) is 59.7 Å². The van der Waals surface area contributed by atoms with Crippen LogP contribution in [0, 0.1) is 6.42 Å². The van der Waals surface area contributed by atoms with E-state index in [4.69, 9.17) is 21.1 Å². The van der Waals surface area contributed by atoms with E-state index in [1.807, 2.05) is 26.0 Å². The Morgan fingerprint density at radius 1 is 0.745 bits per heavy atom. The summed E-state index contributed by atoms with van der Waals surface area (Å²) in [6, 6.07) is 8.04. The molecule has 2 aliphatic heterocycles. The Bertz CT molecular complexity index is 1980. The average molecular weight is 830 g/mol. The molecule has 17 heteroatoms. The molecule has 0 saturated heterocycles. The van der Waals surface area contributed by atoms with Gasteiger partial charge in [0.15, 0.2) is 22.9 Å². The second-order valence-corrected chi connectivity index (χ2v) is 13.1. The first-order chi connectivity index (χ1) is 25.2. The number of hydrogen-bond acceptors (Lipinski definition) is 10. The molecule has 4 aliphatic rings. The maximum Gasteiger partial charge on any atom is 0.178 e. The van der Waals surface area contributed by atoms with Crippen molar-refractivity contribution < 1.29 is 25.8 Å². The minimum atomic E-state index is 0.581. The van der Waals surface area contributed by atoms with E-state index in [-0.39, 0.29) is 0 Å². The van der Waals surface area contributed by atoms with Crippen molar-refractivity contribution in [1.82, 2.24) is 48.8 Å². The summed E-state index contributed by atoms with van der Waals surface area (Å²) in [5.74, 6) is 2.21. The normalized spacial score (nSPS) is 16.7. The van der Waals surface area contributed by atoms with Crippen LogP contribution in [0.25, 0.3) is 11.3 Å². The van der Waals surface area contributed by atoms with Crippen LogP contribution in [0.2, 0.25) is 5.02 Å². The molecular weight excluding hydrogens is 789 g/mol. The van der Waals surface area contributed by atoms with E-state index < -0.39 is 0 Å². The molecule has 2 aliphatic carbocycles. The molecule has 0 aromatic carbocycles. The average Bonchev–Trinajstić information content (AvgIpc) is 4.00. The molecular formula is C34H40BrClN12O2Zn. The number of pyridine rings is 2. The molecule has 0 spiro atoms. The van der Waals surface area contributed by atoms with Crippen LogP contribution in [-0.4, -0.2) is 62.0 Å². The molecule has 8 heterocycles. The first-order valence-electron chi connectivity index (χ1n) is 17.4. The van der Waals surface area contributed by atoms with Gasteiger partial charge in [0.05, 0.1) is 67.3 Å². The van der Waals surface area contributed by atoms with Gasteiger partial charge in [-0.25, -0.2) is 19.0 Å². The number of nitrogens with one attached hydrogen (secondary N) is 2. The molecule has 2 saturated carbocycles. The first kappa shape index (κ1) is 36.0. The molecule has 6 aromatic heterocycles. The van der Waals surface area contributed by atoms with E-state index in [1.165, 1.54) is 79.6 Å². The van der Waals surface area contributed by atoms with Crippen molar-refractivity contribution in [2.45, 2.75) is 83.6 Å². The van der Waals surface area contributed by atoms with Gasteiger partial charge < -0.3 is 26.5 Å². The van der Waals surface area contributed by atoms with Crippen LogP contribution in [0.1, 0.15) is 74.2 Å². The Morgan fingerprint density at radius 2 is 1.29 bits per heavy atom. The first-order valence-corrected chi connectivity index (χ1v) is 24.7. The van der Waals surface area contributed by atoms with E-state index >= 15 is 0 Å². The van der Waals surface area contributed by atoms with Gasteiger partial charge in [-0.1, -0.05) is 37.3 Å². The monoisotopic (exact) mass is 826 g/mol. The van der Waals surface area contributed by atoms with E-state index in [9.17, 15) is 0 Å². The molecule has 10 rings (SSSR count). The van der Waals surface area contributed by atoms with E-state index in [1.54, 1.807) is 23.1 Å². The van der Waals surface area contributed by atoms with Gasteiger partial charge in [0.2, 0.25) is 0 Å². The zero-order chi connectivity index (χ0) is 35.0. The van der Waals surface area contributed by atoms with Crippen LogP contribution in [0.3, 0.4) is 0 Å². The van der Waals surface area contributed by atoms with Gasteiger partial charge in [-0.15, -0.1) is 0 Å². The smallest absolute Gasteiger partial charge is 0.178 e. The fraction of sp³-hybridized carbons (Fsp3) is 0.441. The van der Waals surface area contributed by atoms with Crippen molar-refractivity contribution in [2.75, 3.05) is 23.8 Å². The predicted molar refractivity (Wildman–Crippen MR) is 194 cm³/mol. The summed E-state index contributed by atoms with van der Waals surface area (Å²) in [5, 5.41) is 24.8.